The first kappa shape index (κ1) is 20.3. The monoisotopic (exact) mass is 372 g/mol. The first-order chi connectivity index (χ1) is 13.0. The normalized spacial score (nSPS) is 10.6. The van der Waals surface area contributed by atoms with E-state index < -0.39 is 18.2 Å². The van der Waals surface area contributed by atoms with E-state index in [0.717, 1.165) is 25.7 Å². The van der Waals surface area contributed by atoms with Crippen LogP contribution in [0.1, 0.15) is 59.7 Å². The van der Waals surface area contributed by atoms with Crippen LogP contribution in [0.15, 0.2) is 48.5 Å². The maximum absolute atomic E-state index is 10.9. The summed E-state index contributed by atoms with van der Waals surface area (Å²) in [4.78, 5) is 21.9. The number of benzene rings is 2. The van der Waals surface area contributed by atoms with E-state index in [2.05, 4.69) is 6.92 Å². The van der Waals surface area contributed by atoms with Gasteiger partial charge in [-0.15, -0.1) is 0 Å². The summed E-state index contributed by atoms with van der Waals surface area (Å²) >= 11 is 0. The fourth-order valence-electron chi connectivity index (χ4n) is 2.54. The molecule has 2 N–H and O–H groups in total. The Bertz CT molecular complexity index is 677. The fourth-order valence-corrected chi connectivity index (χ4v) is 2.54. The highest BCUT2D eigenvalue weighted by atomic mass is 16.7. The Balaban J connectivity index is 2.05. The van der Waals surface area contributed by atoms with Gasteiger partial charge in [0.05, 0.1) is 11.1 Å². The Kier molecular flexibility index (Phi) is 7.67. The molecule has 0 atom stereocenters. The van der Waals surface area contributed by atoms with Crippen LogP contribution in [0.3, 0.4) is 0 Å². The van der Waals surface area contributed by atoms with Gasteiger partial charge in [-0.2, -0.15) is 0 Å². The summed E-state index contributed by atoms with van der Waals surface area (Å²) in [6.45, 7) is 2.14. The number of unbranched alkanes of at least 4 members (excludes halogenated alkanes) is 3. The number of carboxylic acids is 2. The fraction of sp³-hybridized carbons (Fsp3) is 0.333. The van der Waals surface area contributed by atoms with Crippen LogP contribution < -0.4 is 9.47 Å². The van der Waals surface area contributed by atoms with E-state index in [4.69, 9.17) is 19.7 Å². The molecule has 0 unspecified atom stereocenters. The smallest absolute Gasteiger partial charge is 0.335 e. The number of carbonyl (C=O) groups is 2. The summed E-state index contributed by atoms with van der Waals surface area (Å²) < 4.78 is 11.8. The van der Waals surface area contributed by atoms with Crippen molar-refractivity contribution in [3.05, 3.63) is 59.7 Å². The Labute approximate surface area is 158 Å². The Morgan fingerprint density at radius 2 is 1.22 bits per heavy atom. The Morgan fingerprint density at radius 3 is 1.59 bits per heavy atom. The standard InChI is InChI=1S/C21H24O6/c1-2-3-4-5-6-19(26-17-11-7-15(8-12-17)20(22)23)27-18-13-9-16(10-14-18)21(24)25/h7-14,19H,2-6H2,1H3,(H,22,23)(H,24,25). The van der Waals surface area contributed by atoms with Crippen molar-refractivity contribution in [2.45, 2.75) is 45.3 Å². The lowest BCUT2D eigenvalue weighted by Gasteiger charge is -2.21. The van der Waals surface area contributed by atoms with Crippen molar-refractivity contribution in [2.24, 2.45) is 0 Å². The van der Waals surface area contributed by atoms with E-state index in [1.54, 1.807) is 24.3 Å². The molecule has 0 saturated heterocycles. The predicted octanol–water partition coefficient (Wildman–Crippen LogP) is 4.84. The molecule has 0 heterocycles. The highest BCUT2D eigenvalue weighted by Crippen LogP contribution is 2.21. The van der Waals surface area contributed by atoms with Crippen LogP contribution in [0, 0.1) is 0 Å². The molecular weight excluding hydrogens is 348 g/mol. The van der Waals surface area contributed by atoms with Crippen molar-refractivity contribution < 1.29 is 29.3 Å². The molecule has 2 aromatic rings. The lowest BCUT2D eigenvalue weighted by atomic mass is 10.1. The summed E-state index contributed by atoms with van der Waals surface area (Å²) in [5.41, 5.74) is 0.374. The van der Waals surface area contributed by atoms with Gasteiger partial charge in [0.2, 0.25) is 6.29 Å². The molecule has 0 aliphatic carbocycles. The Morgan fingerprint density at radius 1 is 0.778 bits per heavy atom. The van der Waals surface area contributed by atoms with E-state index in [1.165, 1.54) is 24.3 Å². The first-order valence-corrected chi connectivity index (χ1v) is 8.99. The largest absolute Gasteiger partial charge is 0.478 e. The summed E-state index contributed by atoms with van der Waals surface area (Å²) in [6.07, 6.45) is 4.37. The minimum Gasteiger partial charge on any atom is -0.478 e. The highest BCUT2D eigenvalue weighted by Gasteiger charge is 2.14. The Hall–Kier alpha value is -3.02. The van der Waals surface area contributed by atoms with Gasteiger partial charge in [0.1, 0.15) is 11.5 Å². The van der Waals surface area contributed by atoms with E-state index in [0.29, 0.717) is 17.9 Å². The average molecular weight is 372 g/mol. The molecule has 0 radical (unpaired) electrons. The quantitative estimate of drug-likeness (QED) is 0.433. The van der Waals surface area contributed by atoms with E-state index in [9.17, 15) is 9.59 Å². The number of hydrogen-bond acceptors (Lipinski definition) is 4. The molecule has 0 spiro atoms. The van der Waals surface area contributed by atoms with Crippen LogP contribution in [-0.4, -0.2) is 28.4 Å². The second-order valence-corrected chi connectivity index (χ2v) is 6.17. The van der Waals surface area contributed by atoms with Crippen molar-refractivity contribution in [3.8, 4) is 11.5 Å². The van der Waals surface area contributed by atoms with Gasteiger partial charge in [-0.05, 0) is 55.0 Å². The molecule has 0 fully saturated rings. The minimum absolute atomic E-state index is 0.187. The number of ether oxygens (including phenoxy) is 2. The van der Waals surface area contributed by atoms with Gasteiger partial charge in [-0.25, -0.2) is 9.59 Å². The van der Waals surface area contributed by atoms with Crippen LogP contribution in [0.25, 0.3) is 0 Å². The third-order valence-electron chi connectivity index (χ3n) is 4.03. The molecule has 0 saturated carbocycles. The van der Waals surface area contributed by atoms with Gasteiger partial charge in [0.15, 0.2) is 0 Å². The minimum atomic E-state index is -0.993. The SMILES string of the molecule is CCCCCCC(Oc1ccc(C(=O)O)cc1)Oc1ccc(C(=O)O)cc1. The summed E-state index contributed by atoms with van der Waals surface area (Å²) in [7, 11) is 0. The van der Waals surface area contributed by atoms with Crippen LogP contribution in [0.4, 0.5) is 0 Å². The van der Waals surface area contributed by atoms with Crippen molar-refractivity contribution in [1.29, 1.82) is 0 Å². The van der Waals surface area contributed by atoms with Gasteiger partial charge in [-0.3, -0.25) is 0 Å². The van der Waals surface area contributed by atoms with Crippen LogP contribution in [0.5, 0.6) is 11.5 Å². The third-order valence-corrected chi connectivity index (χ3v) is 4.03. The zero-order valence-electron chi connectivity index (χ0n) is 15.3. The lowest BCUT2D eigenvalue weighted by molar-refractivity contribution is -0.00244. The molecule has 6 nitrogen and oxygen atoms in total. The number of aromatic carboxylic acids is 2. The zero-order valence-corrected chi connectivity index (χ0v) is 15.3. The number of rotatable bonds is 11. The molecule has 27 heavy (non-hydrogen) atoms. The zero-order chi connectivity index (χ0) is 19.6. The molecule has 144 valence electrons. The lowest BCUT2D eigenvalue weighted by Crippen LogP contribution is -2.24. The highest BCUT2D eigenvalue weighted by molar-refractivity contribution is 5.88. The molecular formula is C21H24O6. The van der Waals surface area contributed by atoms with Gasteiger partial charge in [0.25, 0.3) is 0 Å². The average Bonchev–Trinajstić information content (AvgIpc) is 2.66. The van der Waals surface area contributed by atoms with Gasteiger partial charge in [-0.1, -0.05) is 26.2 Å². The van der Waals surface area contributed by atoms with Crippen LogP contribution in [-0.2, 0) is 0 Å². The van der Waals surface area contributed by atoms with E-state index >= 15 is 0 Å². The van der Waals surface area contributed by atoms with Crippen molar-refractivity contribution in [2.75, 3.05) is 0 Å². The third kappa shape index (κ3) is 6.66. The van der Waals surface area contributed by atoms with Crippen molar-refractivity contribution in [3.63, 3.8) is 0 Å². The van der Waals surface area contributed by atoms with Gasteiger partial charge < -0.3 is 19.7 Å². The van der Waals surface area contributed by atoms with Crippen molar-refractivity contribution in [1.82, 2.24) is 0 Å². The number of hydrogen-bond donors (Lipinski definition) is 2. The topological polar surface area (TPSA) is 93.1 Å². The van der Waals surface area contributed by atoms with Crippen molar-refractivity contribution >= 4 is 11.9 Å². The molecule has 0 aromatic heterocycles. The van der Waals surface area contributed by atoms with Crippen LogP contribution in [0.2, 0.25) is 0 Å². The van der Waals surface area contributed by atoms with Gasteiger partial charge in [0, 0.05) is 6.42 Å². The van der Waals surface area contributed by atoms with E-state index in [-0.39, 0.29) is 11.1 Å². The maximum Gasteiger partial charge on any atom is 0.335 e. The molecule has 0 amide bonds. The second-order valence-electron chi connectivity index (χ2n) is 6.17. The van der Waals surface area contributed by atoms with Crippen LogP contribution >= 0.6 is 0 Å². The molecule has 0 bridgehead atoms. The molecule has 2 aromatic carbocycles. The molecule has 0 aliphatic rings. The molecule has 6 heteroatoms. The van der Waals surface area contributed by atoms with E-state index in [1.807, 2.05) is 0 Å². The summed E-state index contributed by atoms with van der Waals surface area (Å²) in [5, 5.41) is 17.9. The first-order valence-electron chi connectivity index (χ1n) is 8.99. The second kappa shape index (κ2) is 10.2. The maximum atomic E-state index is 10.9. The summed E-state index contributed by atoms with van der Waals surface area (Å²) in [6, 6.07) is 12.3. The van der Waals surface area contributed by atoms with Gasteiger partial charge >= 0.3 is 11.9 Å². The summed E-state index contributed by atoms with van der Waals surface area (Å²) in [5.74, 6) is -0.954. The molecule has 0 aliphatic heterocycles. The number of carboxylic acid groups (broad SMARTS) is 2. The molecule has 2 rings (SSSR count). The predicted molar refractivity (Wildman–Crippen MR) is 101 cm³/mol.